The van der Waals surface area contributed by atoms with Crippen LogP contribution < -0.4 is 15.0 Å². The summed E-state index contributed by atoms with van der Waals surface area (Å²) in [4.78, 5) is 19.1. The van der Waals surface area contributed by atoms with Crippen molar-refractivity contribution in [2.45, 2.75) is 64.4 Å². The van der Waals surface area contributed by atoms with Crippen molar-refractivity contribution in [1.82, 2.24) is 15.5 Å². The van der Waals surface area contributed by atoms with Gasteiger partial charge in [-0.2, -0.15) is 4.98 Å². The molecule has 0 unspecified atom stereocenters. The fourth-order valence-electron chi connectivity index (χ4n) is 4.96. The van der Waals surface area contributed by atoms with Crippen LogP contribution in [0.2, 0.25) is 0 Å². The molecule has 0 spiro atoms. The van der Waals surface area contributed by atoms with E-state index in [-0.39, 0.29) is 19.1 Å². The number of carbonyl (C=O) groups excluding carboxylic acids is 1. The van der Waals surface area contributed by atoms with Gasteiger partial charge in [0.05, 0.1) is 19.3 Å². The molecule has 1 saturated heterocycles. The molecule has 1 aromatic carbocycles. The van der Waals surface area contributed by atoms with Crippen LogP contribution in [0, 0.1) is 18.8 Å². The minimum atomic E-state index is -0.957. The Kier molecular flexibility index (Phi) is 8.62. The highest BCUT2D eigenvalue weighted by atomic mass is 16.5. The zero-order chi connectivity index (χ0) is 24.8. The van der Waals surface area contributed by atoms with Gasteiger partial charge in [-0.25, -0.2) is 0 Å². The van der Waals surface area contributed by atoms with Crippen molar-refractivity contribution in [1.29, 1.82) is 0 Å². The lowest BCUT2D eigenvalue weighted by molar-refractivity contribution is 0.0801. The summed E-state index contributed by atoms with van der Waals surface area (Å²) >= 11 is 0. The molecule has 192 valence electrons. The number of nitrogens with zero attached hydrogens (tertiary/aromatic N) is 3. The SMILES string of the molecule is Cc1cc(OCCCC2CCN(c3noc(C4CC(C)C4)n3)CC2)ccc1C(=O)NC[C@H](O)CO. The Hall–Kier alpha value is -2.65. The number of hydrogen-bond acceptors (Lipinski definition) is 8. The predicted octanol–water partition coefficient (Wildman–Crippen LogP) is 3.05. The molecule has 1 aromatic heterocycles. The molecule has 0 bridgehead atoms. The standard InChI is InChI=1S/C26H38N4O5/c1-17-12-20(13-17)25-28-26(29-35-25)30-9-7-19(8-10-30)4-3-11-34-22-5-6-23(18(2)14-22)24(33)27-15-21(32)16-31/h5-6,14,17,19-21,31-32H,3-4,7-13,15-16H2,1-2H3,(H,27,33)/t17?,20?,21-/m0/s1. The van der Waals surface area contributed by atoms with E-state index in [4.69, 9.17) is 14.4 Å². The van der Waals surface area contributed by atoms with Crippen LogP contribution in [-0.2, 0) is 0 Å². The lowest BCUT2D eigenvalue weighted by atomic mass is 9.76. The van der Waals surface area contributed by atoms with E-state index in [1.807, 2.05) is 13.0 Å². The fourth-order valence-corrected chi connectivity index (χ4v) is 4.96. The van der Waals surface area contributed by atoms with Crippen molar-refractivity contribution in [3.63, 3.8) is 0 Å². The van der Waals surface area contributed by atoms with E-state index in [1.54, 1.807) is 12.1 Å². The molecule has 35 heavy (non-hydrogen) atoms. The molecule has 1 atom stereocenters. The molecule has 4 rings (SSSR count). The van der Waals surface area contributed by atoms with E-state index < -0.39 is 6.10 Å². The third-order valence-electron chi connectivity index (χ3n) is 7.23. The molecule has 2 heterocycles. The number of nitrogens with one attached hydrogen (secondary N) is 1. The number of ether oxygens (including phenoxy) is 1. The highest BCUT2D eigenvalue weighted by molar-refractivity contribution is 5.95. The fraction of sp³-hybridized carbons (Fsp3) is 0.654. The smallest absolute Gasteiger partial charge is 0.266 e. The topological polar surface area (TPSA) is 121 Å². The van der Waals surface area contributed by atoms with Gasteiger partial charge in [0.15, 0.2) is 0 Å². The van der Waals surface area contributed by atoms with E-state index >= 15 is 0 Å². The molecule has 9 heteroatoms. The van der Waals surface area contributed by atoms with Crippen LogP contribution in [0.25, 0.3) is 0 Å². The van der Waals surface area contributed by atoms with Gasteiger partial charge in [-0.1, -0.05) is 6.92 Å². The summed E-state index contributed by atoms with van der Waals surface area (Å²) in [6, 6.07) is 5.39. The number of aliphatic hydroxyl groups is 2. The molecule has 1 saturated carbocycles. The Labute approximate surface area is 206 Å². The van der Waals surface area contributed by atoms with Gasteiger partial charge in [-0.3, -0.25) is 4.79 Å². The Morgan fingerprint density at radius 1 is 1.31 bits per heavy atom. The normalized spacial score (nSPS) is 21.4. The Balaban J connectivity index is 1.14. The van der Waals surface area contributed by atoms with Gasteiger partial charge in [-0.05, 0) is 86.2 Å². The van der Waals surface area contributed by atoms with E-state index in [0.29, 0.717) is 24.0 Å². The maximum Gasteiger partial charge on any atom is 0.266 e. The van der Waals surface area contributed by atoms with E-state index in [0.717, 1.165) is 80.7 Å². The average Bonchev–Trinajstić information content (AvgIpc) is 3.33. The summed E-state index contributed by atoms with van der Waals surface area (Å²) in [5, 5.41) is 25.1. The summed E-state index contributed by atoms with van der Waals surface area (Å²) in [6.07, 6.45) is 5.70. The lowest BCUT2D eigenvalue weighted by Crippen LogP contribution is -2.34. The monoisotopic (exact) mass is 486 g/mol. The quantitative estimate of drug-likeness (QED) is 0.415. The molecular weight excluding hydrogens is 448 g/mol. The first-order valence-corrected chi connectivity index (χ1v) is 12.8. The van der Waals surface area contributed by atoms with Crippen molar-refractivity contribution in [3.05, 3.63) is 35.2 Å². The number of piperidine rings is 1. The second-order valence-corrected chi connectivity index (χ2v) is 10.2. The van der Waals surface area contributed by atoms with Crippen molar-refractivity contribution >= 4 is 11.9 Å². The molecule has 2 fully saturated rings. The number of hydrogen-bond donors (Lipinski definition) is 3. The number of carbonyl (C=O) groups is 1. The van der Waals surface area contributed by atoms with E-state index in [1.165, 1.54) is 0 Å². The summed E-state index contributed by atoms with van der Waals surface area (Å²) in [6.45, 7) is 6.32. The van der Waals surface area contributed by atoms with Gasteiger partial charge >= 0.3 is 0 Å². The zero-order valence-corrected chi connectivity index (χ0v) is 20.8. The minimum Gasteiger partial charge on any atom is -0.494 e. The number of benzene rings is 1. The van der Waals surface area contributed by atoms with Crippen molar-refractivity contribution in [2.24, 2.45) is 11.8 Å². The molecule has 9 nitrogen and oxygen atoms in total. The Bertz CT molecular complexity index is 966. The first-order chi connectivity index (χ1) is 16.9. The van der Waals surface area contributed by atoms with Gasteiger partial charge in [0.1, 0.15) is 5.75 Å². The number of aryl methyl sites for hydroxylation is 1. The van der Waals surface area contributed by atoms with Crippen LogP contribution >= 0.6 is 0 Å². The van der Waals surface area contributed by atoms with Crippen molar-refractivity contribution < 1.29 is 24.3 Å². The van der Waals surface area contributed by atoms with Crippen LogP contribution in [0.1, 0.15) is 73.2 Å². The van der Waals surface area contributed by atoms with Gasteiger partial charge < -0.3 is 29.7 Å². The second kappa shape index (κ2) is 11.9. The summed E-state index contributed by atoms with van der Waals surface area (Å²) in [5.41, 5.74) is 1.34. The van der Waals surface area contributed by atoms with E-state index in [9.17, 15) is 9.90 Å². The minimum absolute atomic E-state index is 0.0158. The Morgan fingerprint density at radius 2 is 2.09 bits per heavy atom. The van der Waals surface area contributed by atoms with E-state index in [2.05, 4.69) is 27.3 Å². The summed E-state index contributed by atoms with van der Waals surface area (Å²) in [7, 11) is 0. The molecule has 1 aliphatic heterocycles. The van der Waals surface area contributed by atoms with Gasteiger partial charge in [-0.15, -0.1) is 0 Å². The van der Waals surface area contributed by atoms with Gasteiger partial charge in [0.25, 0.3) is 11.9 Å². The summed E-state index contributed by atoms with van der Waals surface area (Å²) in [5.74, 6) is 3.92. The number of amides is 1. The Morgan fingerprint density at radius 3 is 2.77 bits per heavy atom. The first kappa shape index (κ1) is 25.4. The highest BCUT2D eigenvalue weighted by Crippen LogP contribution is 2.40. The van der Waals surface area contributed by atoms with Crippen LogP contribution in [0.4, 0.5) is 5.95 Å². The van der Waals surface area contributed by atoms with Crippen molar-refractivity contribution in [3.8, 4) is 5.75 Å². The third-order valence-corrected chi connectivity index (χ3v) is 7.23. The maximum absolute atomic E-state index is 12.2. The number of aliphatic hydroxyl groups excluding tert-OH is 2. The largest absolute Gasteiger partial charge is 0.494 e. The first-order valence-electron chi connectivity index (χ1n) is 12.8. The van der Waals surface area contributed by atoms with Crippen LogP contribution in [0.5, 0.6) is 5.75 Å². The van der Waals surface area contributed by atoms with Crippen LogP contribution in [-0.4, -0.2) is 65.2 Å². The molecular formula is C26H38N4O5. The molecule has 2 aromatic rings. The molecule has 2 aliphatic rings. The van der Waals surface area contributed by atoms with Crippen molar-refractivity contribution in [2.75, 3.05) is 37.7 Å². The second-order valence-electron chi connectivity index (χ2n) is 10.2. The number of anilines is 1. The molecule has 3 N–H and O–H groups in total. The number of aromatic nitrogens is 2. The maximum atomic E-state index is 12.2. The lowest BCUT2D eigenvalue weighted by Gasteiger charge is -2.31. The predicted molar refractivity (Wildman–Crippen MR) is 132 cm³/mol. The third kappa shape index (κ3) is 6.73. The zero-order valence-electron chi connectivity index (χ0n) is 20.8. The number of rotatable bonds is 11. The van der Waals surface area contributed by atoms with Gasteiger partial charge in [0.2, 0.25) is 5.89 Å². The summed E-state index contributed by atoms with van der Waals surface area (Å²) < 4.78 is 11.4. The average molecular weight is 487 g/mol. The van der Waals surface area contributed by atoms with Gasteiger partial charge in [0, 0.05) is 31.1 Å². The molecule has 1 amide bonds. The molecule has 1 aliphatic carbocycles. The highest BCUT2D eigenvalue weighted by Gasteiger charge is 2.32. The van der Waals surface area contributed by atoms with Crippen LogP contribution in [0.3, 0.4) is 0 Å². The molecule has 0 radical (unpaired) electrons. The van der Waals surface area contributed by atoms with Crippen LogP contribution in [0.15, 0.2) is 22.7 Å².